The van der Waals surface area contributed by atoms with Crippen LogP contribution >= 0.6 is 0 Å². The predicted octanol–water partition coefficient (Wildman–Crippen LogP) is 3.27. The summed E-state index contributed by atoms with van der Waals surface area (Å²) in [5.41, 5.74) is 0. The van der Waals surface area contributed by atoms with E-state index in [-0.39, 0.29) is 5.75 Å². The molecule has 1 heterocycles. The van der Waals surface area contributed by atoms with Gasteiger partial charge < -0.3 is 4.55 Å². The topological polar surface area (TPSA) is 74.3 Å². The Morgan fingerprint density at radius 1 is 1.09 bits per heavy atom. The zero-order chi connectivity index (χ0) is 17.1. The van der Waals surface area contributed by atoms with Crippen molar-refractivity contribution in [1.29, 1.82) is 0 Å². The molecule has 2 fully saturated rings. The van der Waals surface area contributed by atoms with Crippen molar-refractivity contribution in [2.24, 2.45) is 5.92 Å². The summed E-state index contributed by atoms with van der Waals surface area (Å²) in [6.45, 7) is 1.84. The highest BCUT2D eigenvalue weighted by Gasteiger charge is 2.39. The second kappa shape index (κ2) is 11.5. The SMILES string of the molecule is CCCCS(=O)(=O)[O-].O=CC[S+]1CCCCC1C1CCCCC1. The summed E-state index contributed by atoms with van der Waals surface area (Å²) in [5, 5.41) is 0.921. The molecule has 136 valence electrons. The van der Waals surface area contributed by atoms with E-state index in [2.05, 4.69) is 0 Å². The lowest BCUT2D eigenvalue weighted by Gasteiger charge is -2.32. The standard InChI is InChI=1S/C13H23OS.C4H10O3S/c14-9-11-15-10-5-4-8-13(15)12-6-2-1-3-7-12;1-2-3-4-8(5,6)7/h9,12-13H,1-8,10-11H2;2-4H2,1H3,(H,5,6,7)/q+1;/p-1. The summed E-state index contributed by atoms with van der Waals surface area (Å²) in [7, 11) is -3.48. The third-order valence-corrected chi connectivity index (χ3v) is 8.42. The van der Waals surface area contributed by atoms with Crippen LogP contribution in [0.25, 0.3) is 0 Å². The molecule has 0 aromatic carbocycles. The molecule has 6 heteroatoms. The van der Waals surface area contributed by atoms with Crippen LogP contribution in [0.1, 0.15) is 71.1 Å². The van der Waals surface area contributed by atoms with Gasteiger partial charge in [0, 0.05) is 11.7 Å². The number of unbranched alkanes of at least 4 members (excludes halogenated alkanes) is 1. The summed E-state index contributed by atoms with van der Waals surface area (Å²) in [6, 6.07) is 0. The maximum atomic E-state index is 10.7. The molecule has 0 aromatic heterocycles. The smallest absolute Gasteiger partial charge is 0.169 e. The Morgan fingerprint density at radius 3 is 2.26 bits per heavy atom. The first kappa shape index (κ1) is 21.0. The van der Waals surface area contributed by atoms with Gasteiger partial charge in [-0.2, -0.15) is 0 Å². The summed E-state index contributed by atoms with van der Waals surface area (Å²) in [4.78, 5) is 10.7. The monoisotopic (exact) mass is 364 g/mol. The van der Waals surface area contributed by atoms with E-state index in [1.165, 1.54) is 63.4 Å². The Hall–Kier alpha value is -0.0700. The first-order valence-corrected chi connectivity index (χ1v) is 12.2. The highest BCUT2D eigenvalue weighted by molar-refractivity contribution is 7.98. The van der Waals surface area contributed by atoms with Gasteiger partial charge in [0.1, 0.15) is 11.0 Å². The minimum Gasteiger partial charge on any atom is -0.748 e. The lowest BCUT2D eigenvalue weighted by atomic mass is 9.85. The largest absolute Gasteiger partial charge is 0.748 e. The number of aldehydes is 1. The summed E-state index contributed by atoms with van der Waals surface area (Å²) in [5.74, 6) is 2.97. The lowest BCUT2D eigenvalue weighted by molar-refractivity contribution is -0.105. The van der Waals surface area contributed by atoms with Gasteiger partial charge in [0.05, 0.1) is 10.1 Å². The van der Waals surface area contributed by atoms with Gasteiger partial charge in [-0.3, -0.25) is 4.79 Å². The zero-order valence-electron chi connectivity index (χ0n) is 14.4. The van der Waals surface area contributed by atoms with E-state index in [9.17, 15) is 17.8 Å². The van der Waals surface area contributed by atoms with Crippen LogP contribution in [-0.2, 0) is 25.8 Å². The van der Waals surface area contributed by atoms with E-state index in [0.29, 0.717) is 17.3 Å². The average Bonchev–Trinajstić information content (AvgIpc) is 2.54. The minimum atomic E-state index is -3.94. The van der Waals surface area contributed by atoms with Crippen molar-refractivity contribution in [1.82, 2.24) is 0 Å². The van der Waals surface area contributed by atoms with Crippen molar-refractivity contribution in [3.63, 3.8) is 0 Å². The third-order valence-electron chi connectivity index (χ3n) is 4.78. The van der Waals surface area contributed by atoms with Gasteiger partial charge in [-0.25, -0.2) is 8.42 Å². The van der Waals surface area contributed by atoms with E-state index >= 15 is 0 Å². The van der Waals surface area contributed by atoms with E-state index in [1.54, 1.807) is 0 Å². The van der Waals surface area contributed by atoms with E-state index in [0.717, 1.165) is 23.3 Å². The fourth-order valence-corrected chi connectivity index (χ4v) is 7.01. The van der Waals surface area contributed by atoms with Crippen LogP contribution in [-0.4, -0.2) is 41.8 Å². The molecule has 1 saturated heterocycles. The van der Waals surface area contributed by atoms with Crippen molar-refractivity contribution in [2.75, 3.05) is 17.3 Å². The van der Waals surface area contributed by atoms with E-state index in [1.807, 2.05) is 6.92 Å². The summed E-state index contributed by atoms with van der Waals surface area (Å²) < 4.78 is 29.5. The van der Waals surface area contributed by atoms with Crippen LogP contribution in [0.15, 0.2) is 0 Å². The molecule has 2 aliphatic rings. The van der Waals surface area contributed by atoms with Crippen molar-refractivity contribution >= 4 is 27.3 Å². The Morgan fingerprint density at radius 2 is 1.74 bits per heavy atom. The van der Waals surface area contributed by atoms with Gasteiger partial charge in [0.15, 0.2) is 12.0 Å². The van der Waals surface area contributed by atoms with Crippen LogP contribution in [0.5, 0.6) is 0 Å². The Labute approximate surface area is 144 Å². The summed E-state index contributed by atoms with van der Waals surface area (Å²) in [6.07, 6.45) is 13.9. The number of hydrogen-bond acceptors (Lipinski definition) is 4. The molecule has 2 unspecified atom stereocenters. The van der Waals surface area contributed by atoms with Crippen LogP contribution in [0.2, 0.25) is 0 Å². The molecule has 0 amide bonds. The fraction of sp³-hybridized carbons (Fsp3) is 0.941. The second-order valence-electron chi connectivity index (χ2n) is 6.62. The van der Waals surface area contributed by atoms with Gasteiger partial charge in [-0.1, -0.05) is 32.6 Å². The molecule has 2 atom stereocenters. The molecule has 1 aliphatic carbocycles. The van der Waals surface area contributed by atoms with E-state index in [4.69, 9.17) is 0 Å². The number of carbonyl (C=O) groups is 1. The maximum absolute atomic E-state index is 10.7. The third kappa shape index (κ3) is 9.11. The van der Waals surface area contributed by atoms with E-state index < -0.39 is 10.1 Å². The molecule has 0 aromatic rings. The molecule has 4 nitrogen and oxygen atoms in total. The number of carbonyl (C=O) groups excluding carboxylic acids is 1. The second-order valence-corrected chi connectivity index (χ2v) is 10.6. The normalized spacial score (nSPS) is 26.2. The van der Waals surface area contributed by atoms with Gasteiger partial charge in [0.2, 0.25) is 0 Å². The minimum absolute atomic E-state index is 0.219. The lowest BCUT2D eigenvalue weighted by Crippen LogP contribution is -2.38. The highest BCUT2D eigenvalue weighted by Crippen LogP contribution is 2.35. The zero-order valence-corrected chi connectivity index (χ0v) is 16.0. The molecular weight excluding hydrogens is 332 g/mol. The van der Waals surface area contributed by atoms with Gasteiger partial charge in [-0.15, -0.1) is 0 Å². The molecule has 1 aliphatic heterocycles. The van der Waals surface area contributed by atoms with Gasteiger partial charge in [-0.05, 0) is 49.4 Å². The van der Waals surface area contributed by atoms with Crippen molar-refractivity contribution in [3.05, 3.63) is 0 Å². The van der Waals surface area contributed by atoms with Crippen molar-refractivity contribution in [2.45, 2.75) is 76.4 Å². The highest BCUT2D eigenvalue weighted by atomic mass is 32.2. The van der Waals surface area contributed by atoms with Crippen LogP contribution in [0.4, 0.5) is 0 Å². The average molecular weight is 365 g/mol. The number of hydrogen-bond donors (Lipinski definition) is 0. The summed E-state index contributed by atoms with van der Waals surface area (Å²) >= 11 is 0. The first-order chi connectivity index (χ1) is 11.0. The molecule has 0 radical (unpaired) electrons. The molecule has 23 heavy (non-hydrogen) atoms. The Balaban J connectivity index is 0.000000284. The quantitative estimate of drug-likeness (QED) is 0.412. The molecule has 1 saturated carbocycles. The van der Waals surface area contributed by atoms with Gasteiger partial charge >= 0.3 is 0 Å². The predicted molar refractivity (Wildman–Crippen MR) is 96.8 cm³/mol. The van der Waals surface area contributed by atoms with Crippen LogP contribution in [0, 0.1) is 5.92 Å². The molecular formula is C17H32O4S2. The number of rotatable bonds is 6. The Bertz CT molecular complexity index is 416. The van der Waals surface area contributed by atoms with Crippen LogP contribution < -0.4 is 0 Å². The molecule has 0 spiro atoms. The van der Waals surface area contributed by atoms with Crippen molar-refractivity contribution in [3.8, 4) is 0 Å². The molecule has 0 N–H and O–H groups in total. The fourth-order valence-electron chi connectivity index (χ4n) is 3.58. The molecule has 2 rings (SSSR count). The Kier molecular flexibility index (Phi) is 10.5. The maximum Gasteiger partial charge on any atom is 0.169 e. The first-order valence-electron chi connectivity index (χ1n) is 9.01. The van der Waals surface area contributed by atoms with Crippen molar-refractivity contribution < 1.29 is 17.8 Å². The van der Waals surface area contributed by atoms with Gasteiger partial charge in [0.25, 0.3) is 0 Å². The molecule has 0 bridgehead atoms. The van der Waals surface area contributed by atoms with Crippen LogP contribution in [0.3, 0.4) is 0 Å².